The van der Waals surface area contributed by atoms with Gasteiger partial charge in [0.25, 0.3) is 0 Å². The van der Waals surface area contributed by atoms with Gasteiger partial charge in [0, 0.05) is 24.5 Å². The Morgan fingerprint density at radius 1 is 1.25 bits per heavy atom. The van der Waals surface area contributed by atoms with Crippen molar-refractivity contribution < 1.29 is 0 Å². The topological polar surface area (TPSA) is 22.8 Å². The summed E-state index contributed by atoms with van der Waals surface area (Å²) in [6, 6.07) is 6.28. The third-order valence-corrected chi connectivity index (χ3v) is 2.80. The number of rotatable bonds is 2. The van der Waals surface area contributed by atoms with Gasteiger partial charge in [-0.25, -0.2) is 0 Å². The van der Waals surface area contributed by atoms with Crippen LogP contribution >= 0.6 is 0 Å². The van der Waals surface area contributed by atoms with Crippen LogP contribution < -0.4 is 0 Å². The summed E-state index contributed by atoms with van der Waals surface area (Å²) >= 11 is 0. The van der Waals surface area contributed by atoms with E-state index in [1.165, 1.54) is 11.4 Å². The number of allylic oxidation sites excluding steroid dienone is 1. The monoisotopic (exact) mass is 215 g/mol. The number of nitrogens with zero attached hydrogens (tertiary/aromatic N) is 3. The minimum Gasteiger partial charge on any atom is -0.302 e. The predicted octanol–water partition coefficient (Wildman–Crippen LogP) is 2.86. The molecule has 0 bridgehead atoms. The highest BCUT2D eigenvalue weighted by molar-refractivity contribution is 5.60. The molecule has 0 unspecified atom stereocenters. The normalized spacial score (nSPS) is 10.8. The lowest BCUT2D eigenvalue weighted by molar-refractivity contribution is 0.736. The van der Waals surface area contributed by atoms with Crippen LogP contribution in [0.15, 0.2) is 24.8 Å². The number of hydrogen-bond acceptors (Lipinski definition) is 1. The van der Waals surface area contributed by atoms with Gasteiger partial charge in [0.1, 0.15) is 0 Å². The maximum Gasteiger partial charge on any atom is 0.159 e. The molecular weight excluding hydrogens is 198 g/mol. The molecule has 0 atom stereocenters. The van der Waals surface area contributed by atoms with Crippen LogP contribution in [-0.4, -0.2) is 14.3 Å². The Labute approximate surface area is 96.0 Å². The van der Waals surface area contributed by atoms with Crippen molar-refractivity contribution in [1.82, 2.24) is 14.3 Å². The fourth-order valence-electron chi connectivity index (χ4n) is 1.99. The molecule has 0 fully saturated rings. The average Bonchev–Trinajstić information content (AvgIpc) is 2.70. The van der Waals surface area contributed by atoms with E-state index in [1.54, 1.807) is 0 Å². The zero-order valence-corrected chi connectivity index (χ0v) is 10.3. The molecule has 2 heterocycles. The van der Waals surface area contributed by atoms with Gasteiger partial charge in [-0.2, -0.15) is 5.10 Å². The SMILES string of the molecule is C=C(C)c1cc(-n2c(C)ccc2C)nn1C. The molecule has 0 radical (unpaired) electrons. The van der Waals surface area contributed by atoms with Crippen LogP contribution in [0.3, 0.4) is 0 Å². The molecule has 0 aliphatic rings. The van der Waals surface area contributed by atoms with E-state index in [2.05, 4.69) is 48.3 Å². The first-order valence-corrected chi connectivity index (χ1v) is 5.36. The van der Waals surface area contributed by atoms with E-state index < -0.39 is 0 Å². The lowest BCUT2D eigenvalue weighted by Gasteiger charge is -2.03. The second-order valence-corrected chi connectivity index (χ2v) is 4.24. The van der Waals surface area contributed by atoms with Gasteiger partial charge in [-0.15, -0.1) is 0 Å². The van der Waals surface area contributed by atoms with Gasteiger partial charge in [-0.1, -0.05) is 6.58 Å². The molecule has 0 saturated carbocycles. The first kappa shape index (κ1) is 10.7. The van der Waals surface area contributed by atoms with Crippen molar-refractivity contribution in [3.8, 4) is 5.82 Å². The molecule has 0 aliphatic carbocycles. The molecule has 0 aliphatic heterocycles. The van der Waals surface area contributed by atoms with Gasteiger partial charge >= 0.3 is 0 Å². The lowest BCUT2D eigenvalue weighted by atomic mass is 10.2. The van der Waals surface area contributed by atoms with Gasteiger partial charge in [0.15, 0.2) is 5.82 Å². The highest BCUT2D eigenvalue weighted by atomic mass is 15.3. The summed E-state index contributed by atoms with van der Waals surface area (Å²) < 4.78 is 4.02. The van der Waals surface area contributed by atoms with Crippen LogP contribution in [0.5, 0.6) is 0 Å². The molecule has 84 valence electrons. The van der Waals surface area contributed by atoms with Crippen LogP contribution in [0.4, 0.5) is 0 Å². The zero-order valence-electron chi connectivity index (χ0n) is 10.3. The van der Waals surface area contributed by atoms with Crippen molar-refractivity contribution >= 4 is 5.57 Å². The molecule has 16 heavy (non-hydrogen) atoms. The van der Waals surface area contributed by atoms with E-state index in [0.29, 0.717) is 0 Å². The van der Waals surface area contributed by atoms with E-state index >= 15 is 0 Å². The van der Waals surface area contributed by atoms with Gasteiger partial charge in [0.05, 0.1) is 5.69 Å². The molecule has 0 saturated heterocycles. The minimum atomic E-state index is 0.959. The van der Waals surface area contributed by atoms with E-state index in [-0.39, 0.29) is 0 Å². The highest BCUT2D eigenvalue weighted by Crippen LogP contribution is 2.19. The van der Waals surface area contributed by atoms with Crippen molar-refractivity contribution in [2.24, 2.45) is 7.05 Å². The summed E-state index contributed by atoms with van der Waals surface area (Å²) in [6.45, 7) is 10.1. The van der Waals surface area contributed by atoms with Crippen molar-refractivity contribution in [2.45, 2.75) is 20.8 Å². The fourth-order valence-corrected chi connectivity index (χ4v) is 1.99. The first-order valence-electron chi connectivity index (χ1n) is 5.36. The standard InChI is InChI=1S/C13H17N3/c1-9(2)12-8-13(14-15(12)5)16-10(3)6-7-11(16)4/h6-8H,1H2,2-5H3. The van der Waals surface area contributed by atoms with Crippen LogP contribution in [0.2, 0.25) is 0 Å². The molecule has 0 amide bonds. The Bertz CT molecular complexity index is 524. The number of hydrogen-bond donors (Lipinski definition) is 0. The van der Waals surface area contributed by atoms with Crippen LogP contribution in [0.1, 0.15) is 24.0 Å². The maximum atomic E-state index is 4.51. The molecule has 3 nitrogen and oxygen atoms in total. The molecule has 2 aromatic heterocycles. The summed E-state index contributed by atoms with van der Waals surface area (Å²) in [5, 5.41) is 4.51. The van der Waals surface area contributed by atoms with E-state index in [1.807, 2.05) is 18.7 Å². The third-order valence-electron chi connectivity index (χ3n) is 2.80. The van der Waals surface area contributed by atoms with Crippen molar-refractivity contribution in [3.63, 3.8) is 0 Å². The summed E-state index contributed by atoms with van der Waals surface area (Å²) in [5.41, 5.74) is 4.50. The zero-order chi connectivity index (χ0) is 11.9. The van der Waals surface area contributed by atoms with E-state index in [9.17, 15) is 0 Å². The van der Waals surface area contributed by atoms with Gasteiger partial charge in [0.2, 0.25) is 0 Å². The minimum absolute atomic E-state index is 0.959. The average molecular weight is 215 g/mol. The molecule has 0 spiro atoms. The van der Waals surface area contributed by atoms with Crippen LogP contribution in [-0.2, 0) is 7.05 Å². The quantitative estimate of drug-likeness (QED) is 0.755. The third kappa shape index (κ3) is 1.58. The Kier molecular flexibility index (Phi) is 2.46. The number of aromatic nitrogens is 3. The first-order chi connectivity index (χ1) is 7.50. The van der Waals surface area contributed by atoms with E-state index in [0.717, 1.165) is 17.1 Å². The van der Waals surface area contributed by atoms with Gasteiger partial charge < -0.3 is 4.57 Å². The largest absolute Gasteiger partial charge is 0.302 e. The van der Waals surface area contributed by atoms with Gasteiger partial charge in [-0.05, 0) is 38.5 Å². The Morgan fingerprint density at radius 2 is 1.81 bits per heavy atom. The fraction of sp³-hybridized carbons (Fsp3) is 0.308. The smallest absolute Gasteiger partial charge is 0.159 e. The Hall–Kier alpha value is -1.77. The van der Waals surface area contributed by atoms with Crippen LogP contribution in [0.25, 0.3) is 11.4 Å². The molecule has 3 heteroatoms. The van der Waals surface area contributed by atoms with Gasteiger partial charge in [-0.3, -0.25) is 4.68 Å². The molecule has 0 aromatic carbocycles. The van der Waals surface area contributed by atoms with Crippen molar-refractivity contribution in [2.75, 3.05) is 0 Å². The molecule has 0 N–H and O–H groups in total. The lowest BCUT2D eigenvalue weighted by Crippen LogP contribution is -2.01. The molecule has 2 rings (SSSR count). The second kappa shape index (κ2) is 3.67. The van der Waals surface area contributed by atoms with Crippen molar-refractivity contribution in [3.05, 3.63) is 41.9 Å². The van der Waals surface area contributed by atoms with Crippen LogP contribution in [0, 0.1) is 13.8 Å². The summed E-state index contributed by atoms with van der Waals surface area (Å²) in [7, 11) is 1.95. The predicted molar refractivity (Wildman–Crippen MR) is 66.7 cm³/mol. The summed E-state index contributed by atoms with van der Waals surface area (Å²) in [4.78, 5) is 0. The Morgan fingerprint density at radius 3 is 2.25 bits per heavy atom. The Balaban J connectivity index is 2.58. The highest BCUT2D eigenvalue weighted by Gasteiger charge is 2.10. The second-order valence-electron chi connectivity index (χ2n) is 4.24. The summed E-state index contributed by atoms with van der Waals surface area (Å²) in [6.07, 6.45) is 0. The number of aryl methyl sites for hydroxylation is 3. The maximum absolute atomic E-state index is 4.51. The molecule has 2 aromatic rings. The van der Waals surface area contributed by atoms with E-state index in [4.69, 9.17) is 0 Å². The summed E-state index contributed by atoms with van der Waals surface area (Å²) in [5.74, 6) is 0.959. The molecular formula is C13H17N3. The van der Waals surface area contributed by atoms with Crippen molar-refractivity contribution in [1.29, 1.82) is 0 Å².